The van der Waals surface area contributed by atoms with Crippen molar-refractivity contribution in [3.63, 3.8) is 0 Å². The molecular weight excluding hydrogens is 289 g/mol. The van der Waals surface area contributed by atoms with Crippen LogP contribution in [0.15, 0.2) is 0 Å². The summed E-state index contributed by atoms with van der Waals surface area (Å²) in [7, 11) is 0. The van der Waals surface area contributed by atoms with Crippen molar-refractivity contribution in [2.75, 3.05) is 11.0 Å². The molecular formula is C11H20INO. The van der Waals surface area contributed by atoms with Gasteiger partial charge in [0.25, 0.3) is 0 Å². The first-order valence-electron chi connectivity index (χ1n) is 5.59. The lowest BCUT2D eigenvalue weighted by atomic mass is 9.97. The van der Waals surface area contributed by atoms with E-state index in [0.29, 0.717) is 17.7 Å². The summed E-state index contributed by atoms with van der Waals surface area (Å²) in [5, 5.41) is 3.05. The maximum Gasteiger partial charge on any atom is 0.223 e. The van der Waals surface area contributed by atoms with E-state index in [1.807, 2.05) is 0 Å². The highest BCUT2D eigenvalue weighted by Crippen LogP contribution is 2.30. The molecule has 0 saturated heterocycles. The van der Waals surface area contributed by atoms with E-state index in [1.54, 1.807) is 0 Å². The van der Waals surface area contributed by atoms with Crippen molar-refractivity contribution in [3.8, 4) is 0 Å². The van der Waals surface area contributed by atoms with Crippen LogP contribution < -0.4 is 5.32 Å². The molecule has 0 radical (unpaired) electrons. The van der Waals surface area contributed by atoms with Crippen molar-refractivity contribution in [2.24, 2.45) is 11.8 Å². The van der Waals surface area contributed by atoms with Crippen molar-refractivity contribution >= 4 is 28.5 Å². The first kappa shape index (κ1) is 12.3. The molecule has 1 saturated carbocycles. The molecule has 0 spiro atoms. The van der Waals surface area contributed by atoms with Gasteiger partial charge in [0.15, 0.2) is 0 Å². The standard InChI is InChI=1S/C11H20INO/c1-9-5-4-6-10(9)11(14)13-8-3-2-7-12/h9-10H,2-8H2,1H3,(H,13,14). The number of carbonyl (C=O) groups is 1. The lowest BCUT2D eigenvalue weighted by Crippen LogP contribution is -2.32. The van der Waals surface area contributed by atoms with Crippen LogP contribution in [0.1, 0.15) is 39.0 Å². The van der Waals surface area contributed by atoms with Gasteiger partial charge >= 0.3 is 0 Å². The van der Waals surface area contributed by atoms with Crippen LogP contribution in [0.25, 0.3) is 0 Å². The molecule has 0 aromatic heterocycles. The summed E-state index contributed by atoms with van der Waals surface area (Å²) in [6, 6.07) is 0. The topological polar surface area (TPSA) is 29.1 Å². The molecule has 0 aromatic rings. The van der Waals surface area contributed by atoms with Gasteiger partial charge in [0.05, 0.1) is 0 Å². The summed E-state index contributed by atoms with van der Waals surface area (Å²) in [5.41, 5.74) is 0. The van der Waals surface area contributed by atoms with E-state index in [0.717, 1.165) is 19.4 Å². The molecule has 1 amide bonds. The number of rotatable bonds is 5. The third-order valence-electron chi connectivity index (χ3n) is 3.06. The third-order valence-corrected chi connectivity index (χ3v) is 3.82. The first-order chi connectivity index (χ1) is 6.75. The average Bonchev–Trinajstić information content (AvgIpc) is 2.59. The van der Waals surface area contributed by atoms with Crippen molar-refractivity contribution in [1.82, 2.24) is 5.32 Å². The van der Waals surface area contributed by atoms with E-state index in [1.165, 1.54) is 23.7 Å². The summed E-state index contributed by atoms with van der Waals surface area (Å²) in [4.78, 5) is 11.7. The molecule has 14 heavy (non-hydrogen) atoms. The normalized spacial score (nSPS) is 26.4. The van der Waals surface area contributed by atoms with Crippen LogP contribution in [0, 0.1) is 11.8 Å². The van der Waals surface area contributed by atoms with E-state index in [4.69, 9.17) is 0 Å². The maximum atomic E-state index is 11.7. The molecule has 2 nitrogen and oxygen atoms in total. The minimum Gasteiger partial charge on any atom is -0.356 e. The van der Waals surface area contributed by atoms with Gasteiger partial charge in [-0.1, -0.05) is 35.9 Å². The van der Waals surface area contributed by atoms with Crippen LogP contribution in [0.5, 0.6) is 0 Å². The highest BCUT2D eigenvalue weighted by molar-refractivity contribution is 14.1. The minimum atomic E-state index is 0.295. The zero-order valence-corrected chi connectivity index (χ0v) is 11.0. The number of alkyl halides is 1. The van der Waals surface area contributed by atoms with Crippen molar-refractivity contribution in [3.05, 3.63) is 0 Å². The maximum absolute atomic E-state index is 11.7. The lowest BCUT2D eigenvalue weighted by molar-refractivity contribution is -0.125. The Morgan fingerprint density at radius 2 is 2.21 bits per heavy atom. The van der Waals surface area contributed by atoms with E-state index >= 15 is 0 Å². The Balaban J connectivity index is 2.14. The Hall–Kier alpha value is 0.200. The van der Waals surface area contributed by atoms with Crippen LogP contribution >= 0.6 is 22.6 Å². The van der Waals surface area contributed by atoms with Crippen LogP contribution in [0.2, 0.25) is 0 Å². The molecule has 0 aromatic carbocycles. The van der Waals surface area contributed by atoms with Crippen molar-refractivity contribution in [2.45, 2.75) is 39.0 Å². The first-order valence-corrected chi connectivity index (χ1v) is 7.12. The second kappa shape index (κ2) is 6.64. The summed E-state index contributed by atoms with van der Waals surface area (Å²) in [6.07, 6.45) is 5.88. The number of carbonyl (C=O) groups excluding carboxylic acids is 1. The highest BCUT2D eigenvalue weighted by Gasteiger charge is 2.29. The Bertz CT molecular complexity index is 184. The number of nitrogens with one attached hydrogen (secondary N) is 1. The van der Waals surface area contributed by atoms with E-state index in [9.17, 15) is 4.79 Å². The predicted octanol–water partition coefficient (Wildman–Crippen LogP) is 2.75. The Kier molecular flexibility index (Phi) is 5.82. The monoisotopic (exact) mass is 309 g/mol. The van der Waals surface area contributed by atoms with Gasteiger partial charge in [-0.05, 0) is 36.0 Å². The fourth-order valence-electron chi connectivity index (χ4n) is 2.10. The quantitative estimate of drug-likeness (QED) is 0.472. The van der Waals surface area contributed by atoms with Gasteiger partial charge < -0.3 is 5.32 Å². The van der Waals surface area contributed by atoms with Gasteiger partial charge in [-0.3, -0.25) is 4.79 Å². The minimum absolute atomic E-state index is 0.295. The molecule has 3 heteroatoms. The second-order valence-electron chi connectivity index (χ2n) is 4.20. The SMILES string of the molecule is CC1CCCC1C(=O)NCCCCI. The van der Waals surface area contributed by atoms with Gasteiger partial charge in [-0.15, -0.1) is 0 Å². The molecule has 0 aliphatic heterocycles. The van der Waals surface area contributed by atoms with Gasteiger partial charge in [-0.2, -0.15) is 0 Å². The Morgan fingerprint density at radius 3 is 2.79 bits per heavy atom. The van der Waals surface area contributed by atoms with Crippen LogP contribution in [0.4, 0.5) is 0 Å². The fourth-order valence-corrected chi connectivity index (χ4v) is 2.64. The number of unbranched alkanes of at least 4 members (excludes halogenated alkanes) is 1. The lowest BCUT2D eigenvalue weighted by Gasteiger charge is -2.14. The molecule has 1 aliphatic carbocycles. The molecule has 1 rings (SSSR count). The molecule has 1 fully saturated rings. The third kappa shape index (κ3) is 3.75. The molecule has 0 bridgehead atoms. The fraction of sp³-hybridized carbons (Fsp3) is 0.909. The number of amides is 1. The Morgan fingerprint density at radius 1 is 1.43 bits per heavy atom. The summed E-state index contributed by atoms with van der Waals surface area (Å²) >= 11 is 2.37. The van der Waals surface area contributed by atoms with Crippen LogP contribution in [-0.2, 0) is 4.79 Å². The largest absolute Gasteiger partial charge is 0.356 e. The highest BCUT2D eigenvalue weighted by atomic mass is 127. The van der Waals surface area contributed by atoms with Gasteiger partial charge in [0.1, 0.15) is 0 Å². The van der Waals surface area contributed by atoms with E-state index < -0.39 is 0 Å². The van der Waals surface area contributed by atoms with Crippen molar-refractivity contribution < 1.29 is 4.79 Å². The number of hydrogen-bond acceptors (Lipinski definition) is 1. The second-order valence-corrected chi connectivity index (χ2v) is 5.28. The molecule has 2 unspecified atom stereocenters. The average molecular weight is 309 g/mol. The smallest absolute Gasteiger partial charge is 0.223 e. The van der Waals surface area contributed by atoms with Gasteiger partial charge in [-0.25, -0.2) is 0 Å². The summed E-state index contributed by atoms with van der Waals surface area (Å²) < 4.78 is 1.19. The van der Waals surface area contributed by atoms with Crippen molar-refractivity contribution in [1.29, 1.82) is 0 Å². The summed E-state index contributed by atoms with van der Waals surface area (Å²) in [6.45, 7) is 3.06. The number of halogens is 1. The molecule has 1 aliphatic rings. The zero-order chi connectivity index (χ0) is 10.4. The van der Waals surface area contributed by atoms with E-state index in [2.05, 4.69) is 34.8 Å². The van der Waals surface area contributed by atoms with Crippen LogP contribution in [-0.4, -0.2) is 16.9 Å². The molecule has 0 heterocycles. The zero-order valence-electron chi connectivity index (χ0n) is 8.89. The van der Waals surface area contributed by atoms with E-state index in [-0.39, 0.29) is 0 Å². The van der Waals surface area contributed by atoms with Crippen LogP contribution in [0.3, 0.4) is 0 Å². The van der Waals surface area contributed by atoms with Gasteiger partial charge in [0, 0.05) is 12.5 Å². The molecule has 82 valence electrons. The molecule has 2 atom stereocenters. The van der Waals surface area contributed by atoms with Gasteiger partial charge in [0.2, 0.25) is 5.91 Å². The predicted molar refractivity (Wildman–Crippen MR) is 67.6 cm³/mol. The number of hydrogen-bond donors (Lipinski definition) is 1. The Labute approximate surface area is 100 Å². The summed E-state index contributed by atoms with van der Waals surface area (Å²) in [5.74, 6) is 1.19. The molecule has 1 N–H and O–H groups in total.